The second kappa shape index (κ2) is 11.1. The van der Waals surface area contributed by atoms with Crippen molar-refractivity contribution in [1.29, 1.82) is 0 Å². The van der Waals surface area contributed by atoms with Crippen LogP contribution in [0.15, 0.2) is 24.3 Å². The predicted molar refractivity (Wildman–Crippen MR) is 164 cm³/mol. The van der Waals surface area contributed by atoms with Crippen molar-refractivity contribution in [3.63, 3.8) is 0 Å². The first-order valence-corrected chi connectivity index (χ1v) is 17.5. The van der Waals surface area contributed by atoms with E-state index in [2.05, 4.69) is 37.6 Å². The fourth-order valence-electron chi connectivity index (χ4n) is 11.1. The lowest BCUT2D eigenvalue weighted by molar-refractivity contribution is -0.166. The van der Waals surface area contributed by atoms with Gasteiger partial charge in [0, 0.05) is 37.5 Å². The van der Waals surface area contributed by atoms with E-state index in [0.29, 0.717) is 18.3 Å². The fraction of sp³-hybridized carbons (Fsp3) is 0.765. The van der Waals surface area contributed by atoms with Gasteiger partial charge in [-0.3, -0.25) is 23.7 Å². The summed E-state index contributed by atoms with van der Waals surface area (Å²) >= 11 is 0. The molecule has 5 aliphatic rings. The van der Waals surface area contributed by atoms with Gasteiger partial charge >= 0.3 is 22.3 Å². The van der Waals surface area contributed by atoms with Crippen molar-refractivity contribution in [2.45, 2.75) is 99.2 Å². The number of carbonyl (C=O) groups excluding carboxylic acids is 4. The Hall–Kier alpha value is -2.37. The lowest BCUT2D eigenvalue weighted by Gasteiger charge is -2.61. The Labute approximate surface area is 266 Å². The molecule has 1 N–H and O–H groups in total. The van der Waals surface area contributed by atoms with Crippen LogP contribution in [0.4, 0.5) is 0 Å². The number of allylic oxidation sites excluding steroid dienone is 2. The molecule has 0 unspecified atom stereocenters. The lowest BCUT2D eigenvalue weighted by atomic mass is 9.43. The standard InChI is InChI=1S/C34H48O10S/c1-18(16-42-45(39,40)41)19(2)29(38)30(44-23(6)36)21(4)28-26(43-22(5)35)15-32(8)27-10-9-24-20(3)25(37)11-12-33(24)17-34(27,33)14-13-31(28,32)7/h11-12,18,20-21,24,26-28,30H,2,9-10,13-17H2,1,3-8H3,(H,39,40,41)/t18-,20-,21-,24-,26-,27-,28-,30+,31+,32-,33+,34-/m0/s1. The average Bonchev–Trinajstić information content (AvgIpc) is 3.55. The Kier molecular flexibility index (Phi) is 8.39. The van der Waals surface area contributed by atoms with Gasteiger partial charge in [0.05, 0.1) is 6.61 Å². The van der Waals surface area contributed by atoms with Crippen LogP contribution in [0.5, 0.6) is 0 Å². The van der Waals surface area contributed by atoms with E-state index in [1.807, 2.05) is 6.92 Å². The number of Topliss-reactive ketones (excluding diaryl/α,β-unsaturated/α-hetero) is 1. The van der Waals surface area contributed by atoms with Gasteiger partial charge < -0.3 is 9.47 Å². The summed E-state index contributed by atoms with van der Waals surface area (Å²) in [5, 5.41) is 0. The Morgan fingerprint density at radius 2 is 1.76 bits per heavy atom. The minimum absolute atomic E-state index is 0.000271. The topological polar surface area (TPSA) is 150 Å². The van der Waals surface area contributed by atoms with Gasteiger partial charge in [0.1, 0.15) is 6.10 Å². The molecule has 0 amide bonds. The molecule has 250 valence electrons. The van der Waals surface area contributed by atoms with Gasteiger partial charge in [0.15, 0.2) is 17.7 Å². The van der Waals surface area contributed by atoms with Crippen molar-refractivity contribution in [2.24, 2.45) is 57.2 Å². The molecule has 0 radical (unpaired) electrons. The zero-order chi connectivity index (χ0) is 33.5. The summed E-state index contributed by atoms with van der Waals surface area (Å²) < 4.78 is 47.5. The lowest BCUT2D eigenvalue weighted by Crippen LogP contribution is -2.56. The number of ketones is 2. The summed E-state index contributed by atoms with van der Waals surface area (Å²) in [5.74, 6) is -2.45. The Bertz CT molecular complexity index is 1450. The monoisotopic (exact) mass is 648 g/mol. The van der Waals surface area contributed by atoms with Crippen molar-refractivity contribution in [1.82, 2.24) is 0 Å². The van der Waals surface area contributed by atoms with E-state index >= 15 is 0 Å². The molecule has 5 aliphatic carbocycles. The number of rotatable bonds is 10. The summed E-state index contributed by atoms with van der Waals surface area (Å²) in [5.41, 5.74) is -0.535. The molecule has 45 heavy (non-hydrogen) atoms. The number of hydrogen-bond acceptors (Lipinski definition) is 9. The van der Waals surface area contributed by atoms with Crippen LogP contribution in [0.1, 0.15) is 87.0 Å². The van der Waals surface area contributed by atoms with Gasteiger partial charge in [-0.25, -0.2) is 4.18 Å². The van der Waals surface area contributed by atoms with E-state index in [-0.39, 0.29) is 44.9 Å². The largest absolute Gasteiger partial charge is 0.462 e. The molecule has 0 bridgehead atoms. The molecule has 0 aromatic carbocycles. The molecule has 0 aromatic heterocycles. The average molecular weight is 649 g/mol. The number of carbonyl (C=O) groups is 4. The van der Waals surface area contributed by atoms with E-state index < -0.39 is 58.8 Å². The quantitative estimate of drug-likeness (QED) is 0.193. The normalized spacial score (nSPS) is 41.8. The minimum Gasteiger partial charge on any atom is -0.462 e. The third-order valence-electron chi connectivity index (χ3n) is 13.3. The molecular weight excluding hydrogens is 600 g/mol. The van der Waals surface area contributed by atoms with Gasteiger partial charge in [-0.15, -0.1) is 0 Å². The van der Waals surface area contributed by atoms with Crippen LogP contribution < -0.4 is 0 Å². The highest BCUT2D eigenvalue weighted by Gasteiger charge is 2.81. The van der Waals surface area contributed by atoms with Crippen LogP contribution in [-0.2, 0) is 43.2 Å². The van der Waals surface area contributed by atoms with Crippen molar-refractivity contribution >= 4 is 33.9 Å². The molecule has 0 heterocycles. The first-order valence-electron chi connectivity index (χ1n) is 16.2. The minimum atomic E-state index is -4.73. The number of fused-ring (bicyclic) bond motifs is 2. The van der Waals surface area contributed by atoms with E-state index in [1.54, 1.807) is 6.08 Å². The van der Waals surface area contributed by atoms with Gasteiger partial charge in [-0.05, 0) is 83.7 Å². The smallest absolute Gasteiger partial charge is 0.397 e. The van der Waals surface area contributed by atoms with Crippen LogP contribution in [-0.4, -0.2) is 55.3 Å². The molecule has 0 aromatic rings. The van der Waals surface area contributed by atoms with E-state index in [0.717, 1.165) is 32.1 Å². The third-order valence-corrected chi connectivity index (χ3v) is 13.8. The summed E-state index contributed by atoms with van der Waals surface area (Å²) in [6.45, 7) is 16.0. The molecule has 4 saturated carbocycles. The highest BCUT2D eigenvalue weighted by Crippen LogP contribution is 2.87. The molecule has 5 rings (SSSR count). The predicted octanol–water partition coefficient (Wildman–Crippen LogP) is 5.07. The Morgan fingerprint density at radius 3 is 2.36 bits per heavy atom. The van der Waals surface area contributed by atoms with Gasteiger partial charge in [0.2, 0.25) is 0 Å². The second-order valence-electron chi connectivity index (χ2n) is 15.2. The van der Waals surface area contributed by atoms with Gasteiger partial charge in [-0.2, -0.15) is 8.42 Å². The second-order valence-corrected chi connectivity index (χ2v) is 16.3. The summed E-state index contributed by atoms with van der Waals surface area (Å²) in [4.78, 5) is 51.5. The Morgan fingerprint density at radius 1 is 1.09 bits per heavy atom. The molecule has 12 atom stereocenters. The van der Waals surface area contributed by atoms with Crippen LogP contribution in [0.3, 0.4) is 0 Å². The molecule has 0 saturated heterocycles. The van der Waals surface area contributed by atoms with Crippen molar-refractivity contribution < 1.29 is 45.8 Å². The SMILES string of the molecule is C=C(C(=O)[C@H](OC(C)=O)[C@@H](C)[C@H]1[C@@H](OC(C)=O)C[C@@]2(C)[C@@H]3CC[C@H]4[C@H](C)C(=O)C=C[C@@]45C[C@@]35CC[C@]12C)[C@@H](C)COS(=O)(=O)O. The first kappa shape index (κ1) is 34.0. The third kappa shape index (κ3) is 5.15. The molecule has 0 aliphatic heterocycles. The van der Waals surface area contributed by atoms with Crippen molar-refractivity contribution in [3.05, 3.63) is 24.3 Å². The molecular formula is C34H48O10S. The molecule has 11 heteroatoms. The molecule has 10 nitrogen and oxygen atoms in total. The highest BCUT2D eigenvalue weighted by molar-refractivity contribution is 7.80. The first-order chi connectivity index (χ1) is 20.7. The van der Waals surface area contributed by atoms with Crippen LogP contribution >= 0.6 is 0 Å². The summed E-state index contributed by atoms with van der Waals surface area (Å²) in [7, 11) is -4.73. The zero-order valence-electron chi connectivity index (χ0n) is 27.5. The van der Waals surface area contributed by atoms with Crippen LogP contribution in [0.2, 0.25) is 0 Å². The van der Waals surface area contributed by atoms with Gasteiger partial charge in [-0.1, -0.05) is 47.3 Å². The van der Waals surface area contributed by atoms with E-state index in [9.17, 15) is 27.6 Å². The molecule has 2 spiro atoms. The number of esters is 2. The van der Waals surface area contributed by atoms with Crippen molar-refractivity contribution in [3.8, 4) is 0 Å². The maximum Gasteiger partial charge on any atom is 0.397 e. The summed E-state index contributed by atoms with van der Waals surface area (Å²) in [6, 6.07) is 0. The van der Waals surface area contributed by atoms with Crippen LogP contribution in [0, 0.1) is 57.2 Å². The van der Waals surface area contributed by atoms with Crippen molar-refractivity contribution in [2.75, 3.05) is 6.61 Å². The maximum atomic E-state index is 13.9. The number of ether oxygens (including phenoxy) is 2. The highest BCUT2D eigenvalue weighted by atomic mass is 32.3. The van der Waals surface area contributed by atoms with Gasteiger partial charge in [0.25, 0.3) is 0 Å². The maximum absolute atomic E-state index is 13.9. The fourth-order valence-corrected chi connectivity index (χ4v) is 11.5. The van der Waals surface area contributed by atoms with E-state index in [4.69, 9.17) is 14.0 Å². The summed E-state index contributed by atoms with van der Waals surface area (Å²) in [6.07, 6.45) is 7.66. The van der Waals surface area contributed by atoms with Crippen LogP contribution in [0.25, 0.3) is 0 Å². The zero-order valence-corrected chi connectivity index (χ0v) is 28.3. The number of hydrogen-bond donors (Lipinski definition) is 1. The Balaban J connectivity index is 1.49. The molecule has 4 fully saturated rings. The van der Waals surface area contributed by atoms with E-state index in [1.165, 1.54) is 20.8 Å².